The summed E-state index contributed by atoms with van der Waals surface area (Å²) in [7, 11) is -1.22. The Hall–Kier alpha value is -0.0831. The van der Waals surface area contributed by atoms with Gasteiger partial charge in [0, 0.05) is 0 Å². The van der Waals surface area contributed by atoms with E-state index in [4.69, 9.17) is 0 Å². The molecule has 0 aromatic rings. The second-order valence-corrected chi connectivity index (χ2v) is 9.27. The first-order valence-corrected chi connectivity index (χ1v) is 7.28. The van der Waals surface area contributed by atoms with Crippen molar-refractivity contribution in [1.82, 2.24) is 0 Å². The van der Waals surface area contributed by atoms with Crippen LogP contribution in [0.4, 0.5) is 0 Å². The predicted molar refractivity (Wildman–Crippen MR) is 49.0 cm³/mol. The van der Waals surface area contributed by atoms with Crippen molar-refractivity contribution in [2.24, 2.45) is 0 Å². The Morgan fingerprint density at radius 3 is 1.80 bits per heavy atom. The molecule has 0 amide bonds. The van der Waals surface area contributed by atoms with Gasteiger partial charge in [-0.3, -0.25) is 0 Å². The first kappa shape index (κ1) is 9.92. The van der Waals surface area contributed by atoms with Crippen LogP contribution < -0.4 is 0 Å². The molecule has 0 heterocycles. The van der Waals surface area contributed by atoms with Gasteiger partial charge in [-0.25, -0.2) is 0 Å². The summed E-state index contributed by atoms with van der Waals surface area (Å²) in [6, 6.07) is 0. The maximum atomic E-state index is 9.31. The lowest BCUT2D eigenvalue weighted by Crippen LogP contribution is -2.33. The molecule has 10 heavy (non-hydrogen) atoms. The Morgan fingerprint density at radius 2 is 1.80 bits per heavy atom. The second kappa shape index (κ2) is 3.35. The quantitative estimate of drug-likeness (QED) is 0.493. The third-order valence-electron chi connectivity index (χ3n) is 1.77. The zero-order valence-electron chi connectivity index (χ0n) is 7.39. The highest BCUT2D eigenvalue weighted by molar-refractivity contribution is 6.78. The molecule has 0 aliphatic carbocycles. The van der Waals surface area contributed by atoms with Gasteiger partial charge >= 0.3 is 0 Å². The Bertz CT molecular complexity index is 113. The molecule has 0 unspecified atom stereocenters. The van der Waals surface area contributed by atoms with Gasteiger partial charge < -0.3 is 5.11 Å². The van der Waals surface area contributed by atoms with E-state index in [2.05, 4.69) is 26.2 Å². The van der Waals surface area contributed by atoms with Crippen molar-refractivity contribution < 1.29 is 5.11 Å². The highest BCUT2D eigenvalue weighted by atomic mass is 28.3. The van der Waals surface area contributed by atoms with Crippen LogP contribution in [-0.2, 0) is 0 Å². The molecule has 0 fully saturated rings. The molecular formula is C8H18OSi. The summed E-state index contributed by atoms with van der Waals surface area (Å²) in [6.45, 7) is 12.3. The van der Waals surface area contributed by atoms with E-state index in [1.54, 1.807) is 0 Å². The predicted octanol–water partition coefficient (Wildman–Crippen LogP) is 2.26. The van der Waals surface area contributed by atoms with Crippen molar-refractivity contribution in [3.8, 4) is 0 Å². The number of hydrogen-bond acceptors (Lipinski definition) is 1. The van der Waals surface area contributed by atoms with Crippen molar-refractivity contribution in [2.45, 2.75) is 38.2 Å². The van der Waals surface area contributed by atoms with Crippen LogP contribution in [0.15, 0.2) is 12.7 Å². The fourth-order valence-electron chi connectivity index (χ4n) is 1.27. The smallest absolute Gasteiger partial charge is 0.0550 e. The van der Waals surface area contributed by atoms with Crippen LogP contribution in [0.1, 0.15) is 6.92 Å². The van der Waals surface area contributed by atoms with E-state index in [0.29, 0.717) is 5.54 Å². The normalized spacial score (nSPS) is 18.1. The summed E-state index contributed by atoms with van der Waals surface area (Å²) in [5, 5.41) is 9.31. The Morgan fingerprint density at radius 1 is 1.40 bits per heavy atom. The summed E-state index contributed by atoms with van der Waals surface area (Å²) in [6.07, 6.45) is 1.65. The van der Waals surface area contributed by atoms with Crippen molar-refractivity contribution in [2.75, 3.05) is 0 Å². The van der Waals surface area contributed by atoms with Gasteiger partial charge in [0.2, 0.25) is 0 Å². The van der Waals surface area contributed by atoms with E-state index >= 15 is 0 Å². The lowest BCUT2D eigenvalue weighted by atomic mass is 10.3. The maximum Gasteiger partial charge on any atom is 0.0550 e. The van der Waals surface area contributed by atoms with E-state index in [9.17, 15) is 5.11 Å². The monoisotopic (exact) mass is 158 g/mol. The summed E-state index contributed by atoms with van der Waals surface area (Å²) in [5.41, 5.74) is 0.326. The van der Waals surface area contributed by atoms with Gasteiger partial charge in [0.05, 0.1) is 14.2 Å². The van der Waals surface area contributed by atoms with Crippen LogP contribution in [0.25, 0.3) is 0 Å². The fraction of sp³-hybridized carbons (Fsp3) is 0.750. The van der Waals surface area contributed by atoms with Crippen molar-refractivity contribution in [3.05, 3.63) is 12.7 Å². The SMILES string of the molecule is C=C[C@@H]([C@@H](C)O)[Si](C)(C)C. The third kappa shape index (κ3) is 2.67. The van der Waals surface area contributed by atoms with E-state index < -0.39 is 8.07 Å². The number of hydrogen-bond donors (Lipinski definition) is 1. The first-order valence-electron chi connectivity index (χ1n) is 3.70. The van der Waals surface area contributed by atoms with Crippen LogP contribution in [0.2, 0.25) is 25.2 Å². The minimum absolute atomic E-state index is 0.232. The summed E-state index contributed by atoms with van der Waals surface area (Å²) in [4.78, 5) is 0. The van der Waals surface area contributed by atoms with Gasteiger partial charge in [0.1, 0.15) is 0 Å². The molecular weight excluding hydrogens is 140 g/mol. The van der Waals surface area contributed by atoms with E-state index in [0.717, 1.165) is 0 Å². The molecule has 0 aliphatic rings. The molecule has 2 heteroatoms. The molecule has 0 aromatic heterocycles. The molecule has 1 N–H and O–H groups in total. The number of aliphatic hydroxyl groups excluding tert-OH is 1. The molecule has 0 saturated heterocycles. The minimum atomic E-state index is -1.22. The molecule has 0 aromatic carbocycles. The number of aliphatic hydroxyl groups is 1. The van der Waals surface area contributed by atoms with Crippen molar-refractivity contribution in [3.63, 3.8) is 0 Å². The standard InChI is InChI=1S/C8H18OSi/c1-6-8(7(2)9)10(3,4)5/h6-9H,1H2,2-5H3/t7-,8+/m1/s1. The zero-order chi connectivity index (χ0) is 8.36. The second-order valence-electron chi connectivity index (χ2n) is 3.87. The lowest BCUT2D eigenvalue weighted by molar-refractivity contribution is 0.196. The topological polar surface area (TPSA) is 20.2 Å². The van der Waals surface area contributed by atoms with Crippen LogP contribution >= 0.6 is 0 Å². The first-order chi connectivity index (χ1) is 4.39. The summed E-state index contributed by atoms with van der Waals surface area (Å²) < 4.78 is 0. The molecule has 0 saturated carbocycles. The van der Waals surface area contributed by atoms with Crippen molar-refractivity contribution in [1.29, 1.82) is 0 Å². The van der Waals surface area contributed by atoms with Gasteiger partial charge in [0.15, 0.2) is 0 Å². The Labute approximate surface area is 64.8 Å². The largest absolute Gasteiger partial charge is 0.393 e. The van der Waals surface area contributed by atoms with Gasteiger partial charge in [-0.1, -0.05) is 25.7 Å². The fourth-order valence-corrected chi connectivity index (χ4v) is 3.43. The molecule has 0 bridgehead atoms. The summed E-state index contributed by atoms with van der Waals surface area (Å²) in [5.74, 6) is 0. The Balaban J connectivity index is 4.21. The lowest BCUT2D eigenvalue weighted by Gasteiger charge is -2.28. The van der Waals surface area contributed by atoms with Gasteiger partial charge in [-0.05, 0) is 12.5 Å². The highest BCUT2D eigenvalue weighted by Gasteiger charge is 2.27. The molecule has 2 atom stereocenters. The molecule has 1 nitrogen and oxygen atoms in total. The Kier molecular flexibility index (Phi) is 3.32. The third-order valence-corrected chi connectivity index (χ3v) is 4.49. The van der Waals surface area contributed by atoms with E-state index in [-0.39, 0.29) is 6.10 Å². The maximum absolute atomic E-state index is 9.31. The van der Waals surface area contributed by atoms with Crippen molar-refractivity contribution >= 4 is 8.07 Å². The molecule has 0 aliphatic heterocycles. The molecule has 0 radical (unpaired) electrons. The zero-order valence-corrected chi connectivity index (χ0v) is 8.39. The van der Waals surface area contributed by atoms with Crippen LogP contribution in [0.5, 0.6) is 0 Å². The summed E-state index contributed by atoms with van der Waals surface area (Å²) >= 11 is 0. The average Bonchev–Trinajstić information content (AvgIpc) is 1.60. The highest BCUT2D eigenvalue weighted by Crippen LogP contribution is 2.25. The molecule has 0 spiro atoms. The molecule has 60 valence electrons. The van der Waals surface area contributed by atoms with E-state index in [1.165, 1.54) is 0 Å². The van der Waals surface area contributed by atoms with Gasteiger partial charge in [-0.15, -0.1) is 6.58 Å². The van der Waals surface area contributed by atoms with E-state index in [1.807, 2.05) is 13.0 Å². The van der Waals surface area contributed by atoms with Crippen LogP contribution in [0, 0.1) is 0 Å². The average molecular weight is 158 g/mol. The number of rotatable bonds is 3. The van der Waals surface area contributed by atoms with Gasteiger partial charge in [-0.2, -0.15) is 0 Å². The minimum Gasteiger partial charge on any atom is -0.393 e. The van der Waals surface area contributed by atoms with Crippen LogP contribution in [-0.4, -0.2) is 19.3 Å². The van der Waals surface area contributed by atoms with Crippen LogP contribution in [0.3, 0.4) is 0 Å². The van der Waals surface area contributed by atoms with Gasteiger partial charge in [0.25, 0.3) is 0 Å². The molecule has 0 rings (SSSR count).